The van der Waals surface area contributed by atoms with Crippen LogP contribution in [0.25, 0.3) is 168 Å². The van der Waals surface area contributed by atoms with E-state index in [2.05, 4.69) is 200 Å². The maximum atomic E-state index is 9.84. The lowest BCUT2D eigenvalue weighted by Gasteiger charge is -2.16. The molecule has 0 unspecified atom stereocenters. The fourth-order valence-electron chi connectivity index (χ4n) is 12.7. The van der Waals surface area contributed by atoms with Crippen LogP contribution in [-0.4, -0.2) is 29.9 Å². The van der Waals surface area contributed by atoms with E-state index in [-0.39, 0.29) is 0 Å². The molecule has 0 aliphatic rings. The average Bonchev–Trinajstić information content (AvgIpc) is 0.800. The minimum absolute atomic E-state index is 0.544. The van der Waals surface area contributed by atoms with E-state index in [9.17, 15) is 10.5 Å². The highest BCUT2D eigenvalue weighted by Crippen LogP contribution is 2.42. The molecular weight excluding hydrogens is 1170 g/mol. The molecule has 0 spiro atoms. The summed E-state index contributed by atoms with van der Waals surface area (Å²) in [4.78, 5) is 30.5. The van der Waals surface area contributed by atoms with Crippen molar-refractivity contribution in [1.82, 2.24) is 29.9 Å². The fraction of sp³-hybridized carbons (Fsp3) is 0. The highest BCUT2D eigenvalue weighted by molar-refractivity contribution is 6.02. The van der Waals surface area contributed by atoms with Crippen LogP contribution >= 0.6 is 0 Å². The summed E-state index contributed by atoms with van der Waals surface area (Å²) in [6.07, 6.45) is 0. The molecule has 0 fully saturated rings. The van der Waals surface area contributed by atoms with Crippen molar-refractivity contribution in [2.24, 2.45) is 0 Å². The van der Waals surface area contributed by atoms with E-state index >= 15 is 0 Å². The van der Waals surface area contributed by atoms with E-state index in [0.717, 1.165) is 133 Å². The second kappa shape index (κ2) is 25.4. The van der Waals surface area contributed by atoms with E-state index in [0.29, 0.717) is 46.1 Å². The molecule has 2 aromatic heterocycles. The van der Waals surface area contributed by atoms with Gasteiger partial charge in [0.1, 0.15) is 0 Å². The van der Waals surface area contributed by atoms with Gasteiger partial charge in [0.05, 0.1) is 23.3 Å². The highest BCUT2D eigenvalue weighted by atomic mass is 15.0. The summed E-state index contributed by atoms with van der Waals surface area (Å²) < 4.78 is 0. The van der Waals surface area contributed by atoms with Crippen molar-refractivity contribution >= 4 is 21.5 Å². The van der Waals surface area contributed by atoms with Gasteiger partial charge in [-0.25, -0.2) is 29.9 Å². The Balaban J connectivity index is 0.737. The first-order valence-corrected chi connectivity index (χ1v) is 31.7. The van der Waals surface area contributed by atoms with Crippen molar-refractivity contribution in [1.29, 1.82) is 10.5 Å². The number of hydrogen-bond acceptors (Lipinski definition) is 8. The molecule has 96 heavy (non-hydrogen) atoms. The molecule has 0 aliphatic carbocycles. The normalized spacial score (nSPS) is 11.1. The Hall–Kier alpha value is -13.4. The third kappa shape index (κ3) is 11.5. The fourth-order valence-corrected chi connectivity index (χ4v) is 12.7. The van der Waals surface area contributed by atoms with Gasteiger partial charge in [-0.1, -0.05) is 285 Å². The minimum atomic E-state index is 0.544. The van der Waals surface area contributed by atoms with E-state index in [1.54, 1.807) is 0 Å². The standard InChI is InChI=1S/C88H54N8/c89-55-57-29-31-63(32-30-57)79-50-49-73(78-28-14-23-61-42-48-71(53-81(61)78)59-33-43-68(44-34-59)86-92-83(65-15-4-1-5-16-65)91-84(93-86)66-17-6-2-7-18-66)54-82(79)72-24-12-25-74(51-72)88-95-85(67-19-8-3-9-20-67)94-87(96-88)69-45-35-58(36-46-69)70-47-41-60-22-13-27-77(80(60)52-70)64-39-37-62(38-40-64)76-26-11-10-21-75(76)56-90/h1-54H. The van der Waals surface area contributed by atoms with Crippen molar-refractivity contribution in [2.75, 3.05) is 0 Å². The number of hydrogen-bond donors (Lipinski definition) is 0. The Kier molecular flexibility index (Phi) is 15.2. The van der Waals surface area contributed by atoms with E-state index in [1.165, 1.54) is 0 Å². The molecule has 0 saturated heterocycles. The van der Waals surface area contributed by atoms with E-state index in [1.807, 2.05) is 140 Å². The Morgan fingerprint density at radius 1 is 0.188 bits per heavy atom. The minimum Gasteiger partial charge on any atom is -0.208 e. The SMILES string of the molecule is N#Cc1ccc(-c2ccc(-c3cccc4ccc(-c5ccc(-c6nc(-c7ccccc7)nc(-c7ccccc7)n6)cc5)cc34)cc2-c2cccc(-c3nc(-c4ccccc4)nc(-c4ccc(-c5ccc6cccc(-c7ccc(-c8ccccc8C#N)cc7)c6c5)cc4)n3)c2)cc1. The lowest BCUT2D eigenvalue weighted by Crippen LogP contribution is -2.00. The van der Waals surface area contributed by atoms with Gasteiger partial charge >= 0.3 is 0 Å². The van der Waals surface area contributed by atoms with Crippen molar-refractivity contribution in [3.05, 3.63) is 339 Å². The first kappa shape index (κ1) is 57.7. The molecule has 8 heteroatoms. The van der Waals surface area contributed by atoms with Crippen LogP contribution in [0.5, 0.6) is 0 Å². The van der Waals surface area contributed by atoms with Gasteiger partial charge < -0.3 is 0 Å². The van der Waals surface area contributed by atoms with Crippen molar-refractivity contribution in [3.63, 3.8) is 0 Å². The Morgan fingerprint density at radius 2 is 0.521 bits per heavy atom. The highest BCUT2D eigenvalue weighted by Gasteiger charge is 2.19. The molecule has 16 rings (SSSR count). The average molecular weight is 1220 g/mol. The number of rotatable bonds is 13. The zero-order valence-electron chi connectivity index (χ0n) is 51.8. The van der Waals surface area contributed by atoms with Crippen LogP contribution in [0, 0.1) is 22.7 Å². The molecule has 0 aliphatic heterocycles. The summed E-state index contributed by atoms with van der Waals surface area (Å²) in [7, 11) is 0. The zero-order valence-corrected chi connectivity index (χ0v) is 51.8. The van der Waals surface area contributed by atoms with Crippen LogP contribution in [0.2, 0.25) is 0 Å². The molecule has 0 N–H and O–H groups in total. The smallest absolute Gasteiger partial charge is 0.164 e. The molecule has 0 radical (unpaired) electrons. The molecule has 446 valence electrons. The number of nitrogens with zero attached hydrogens (tertiary/aromatic N) is 8. The van der Waals surface area contributed by atoms with Crippen molar-refractivity contribution in [3.8, 4) is 158 Å². The Morgan fingerprint density at radius 3 is 1.01 bits per heavy atom. The molecule has 8 nitrogen and oxygen atoms in total. The van der Waals surface area contributed by atoms with Gasteiger partial charge in [-0.2, -0.15) is 10.5 Å². The summed E-state index contributed by atoms with van der Waals surface area (Å²) in [6.45, 7) is 0. The van der Waals surface area contributed by atoms with E-state index < -0.39 is 0 Å². The van der Waals surface area contributed by atoms with Crippen LogP contribution in [0.3, 0.4) is 0 Å². The lowest BCUT2D eigenvalue weighted by molar-refractivity contribution is 1.07. The molecule has 14 aromatic carbocycles. The van der Waals surface area contributed by atoms with Gasteiger partial charge in [0.15, 0.2) is 34.9 Å². The Bertz CT molecular complexity index is 5630. The summed E-state index contributed by atoms with van der Waals surface area (Å²) in [5, 5.41) is 24.2. The summed E-state index contributed by atoms with van der Waals surface area (Å²) in [5.74, 6) is 3.51. The van der Waals surface area contributed by atoms with Crippen LogP contribution in [-0.2, 0) is 0 Å². The second-order valence-electron chi connectivity index (χ2n) is 23.6. The first-order chi connectivity index (χ1) is 47.4. The summed E-state index contributed by atoms with van der Waals surface area (Å²) in [6, 6.07) is 117. The van der Waals surface area contributed by atoms with Gasteiger partial charge in [0.25, 0.3) is 0 Å². The molecule has 0 bridgehead atoms. The third-order valence-corrected chi connectivity index (χ3v) is 17.7. The van der Waals surface area contributed by atoms with Crippen LogP contribution in [0.15, 0.2) is 328 Å². The molecule has 0 saturated carbocycles. The number of benzene rings is 14. The largest absolute Gasteiger partial charge is 0.208 e. The lowest BCUT2D eigenvalue weighted by atomic mass is 9.88. The van der Waals surface area contributed by atoms with Crippen molar-refractivity contribution < 1.29 is 0 Å². The maximum Gasteiger partial charge on any atom is 0.164 e. The van der Waals surface area contributed by atoms with Gasteiger partial charge in [0.2, 0.25) is 0 Å². The van der Waals surface area contributed by atoms with Gasteiger partial charge in [-0.3, -0.25) is 0 Å². The predicted octanol–water partition coefficient (Wildman–Crippen LogP) is 21.8. The first-order valence-electron chi connectivity index (χ1n) is 31.7. The quantitative estimate of drug-likeness (QED) is 0.112. The van der Waals surface area contributed by atoms with Crippen LogP contribution < -0.4 is 0 Å². The predicted molar refractivity (Wildman–Crippen MR) is 388 cm³/mol. The molecule has 2 heterocycles. The molecular formula is C88H54N8. The molecule has 0 atom stereocenters. The topological polar surface area (TPSA) is 125 Å². The second-order valence-corrected chi connectivity index (χ2v) is 23.6. The summed E-state index contributed by atoms with van der Waals surface area (Å²) >= 11 is 0. The van der Waals surface area contributed by atoms with Gasteiger partial charge in [-0.05, 0) is 142 Å². The van der Waals surface area contributed by atoms with Crippen molar-refractivity contribution in [2.45, 2.75) is 0 Å². The van der Waals surface area contributed by atoms with Gasteiger partial charge in [0, 0.05) is 33.4 Å². The third-order valence-electron chi connectivity index (χ3n) is 17.7. The van der Waals surface area contributed by atoms with Crippen LogP contribution in [0.4, 0.5) is 0 Å². The van der Waals surface area contributed by atoms with Gasteiger partial charge in [-0.15, -0.1) is 0 Å². The van der Waals surface area contributed by atoms with Crippen LogP contribution in [0.1, 0.15) is 11.1 Å². The number of nitriles is 2. The number of aromatic nitrogens is 6. The van der Waals surface area contributed by atoms with E-state index in [4.69, 9.17) is 29.9 Å². The summed E-state index contributed by atoms with van der Waals surface area (Å²) in [5.41, 5.74) is 21.2. The maximum absolute atomic E-state index is 9.84. The number of fused-ring (bicyclic) bond motifs is 2. The zero-order chi connectivity index (χ0) is 64.3. The molecule has 0 amide bonds. The molecule has 16 aromatic rings. The monoisotopic (exact) mass is 1220 g/mol. The Labute approximate surface area is 555 Å².